The van der Waals surface area contributed by atoms with Crippen molar-refractivity contribution in [1.82, 2.24) is 19.9 Å². The Hall–Kier alpha value is -2.58. The molecule has 0 saturated carbocycles. The van der Waals surface area contributed by atoms with Crippen LogP contribution in [-0.4, -0.2) is 76.6 Å². The van der Waals surface area contributed by atoms with Gasteiger partial charge in [-0.25, -0.2) is 4.79 Å². The van der Waals surface area contributed by atoms with Crippen molar-refractivity contribution in [2.45, 2.75) is 39.3 Å². The predicted octanol–water partition coefficient (Wildman–Crippen LogP) is 0.693. The number of carbonyl (C=O) groups excluding carboxylic acids is 3. The van der Waals surface area contributed by atoms with Gasteiger partial charge in [0.25, 0.3) is 0 Å². The average molecular weight is 376 g/mol. The van der Waals surface area contributed by atoms with E-state index in [9.17, 15) is 14.4 Å². The van der Waals surface area contributed by atoms with Crippen molar-refractivity contribution in [2.24, 2.45) is 5.92 Å². The van der Waals surface area contributed by atoms with Gasteiger partial charge in [-0.2, -0.15) is 0 Å². The summed E-state index contributed by atoms with van der Waals surface area (Å²) in [5.41, 5.74) is 1.73. The SMILES string of the molecule is Cc1noc(C)c1CN1C(=O)[C@@H]2CC[C@H]1CN(C(=O)CN1CCOC1=O)C2. The zero-order chi connectivity index (χ0) is 19.1. The van der Waals surface area contributed by atoms with E-state index in [1.165, 1.54) is 4.90 Å². The van der Waals surface area contributed by atoms with E-state index in [2.05, 4.69) is 5.16 Å². The standard InChI is InChI=1S/C18H24N4O5/c1-11-15(12(2)27-19-11)9-22-14-4-3-13(17(22)24)7-21(8-14)16(23)10-20-5-6-26-18(20)25/h13-14H,3-10H2,1-2H3/t13-,14+/m1/s1. The van der Waals surface area contributed by atoms with Crippen molar-refractivity contribution < 1.29 is 23.6 Å². The molecule has 27 heavy (non-hydrogen) atoms. The summed E-state index contributed by atoms with van der Waals surface area (Å²) in [6.07, 6.45) is 1.21. The summed E-state index contributed by atoms with van der Waals surface area (Å²) < 4.78 is 10.1. The Kier molecular flexibility index (Phi) is 4.53. The molecule has 5 rings (SSSR count). The minimum atomic E-state index is -0.447. The molecule has 0 aliphatic carbocycles. The fraction of sp³-hybridized carbons (Fsp3) is 0.667. The number of piperidine rings is 1. The first-order valence-corrected chi connectivity index (χ1v) is 9.35. The Morgan fingerprint density at radius 1 is 1.22 bits per heavy atom. The van der Waals surface area contributed by atoms with Crippen LogP contribution in [0.5, 0.6) is 0 Å². The second-order valence-electron chi connectivity index (χ2n) is 7.53. The zero-order valence-corrected chi connectivity index (χ0v) is 15.6. The minimum absolute atomic E-state index is 0.0102. The summed E-state index contributed by atoms with van der Waals surface area (Å²) in [6, 6.07) is -0.0283. The van der Waals surface area contributed by atoms with Gasteiger partial charge < -0.3 is 19.1 Å². The van der Waals surface area contributed by atoms with Gasteiger partial charge in [0.05, 0.1) is 24.7 Å². The molecule has 0 spiro atoms. The number of amides is 3. The fourth-order valence-corrected chi connectivity index (χ4v) is 4.18. The monoisotopic (exact) mass is 376 g/mol. The maximum atomic E-state index is 13.0. The number of cyclic esters (lactones) is 1. The fourth-order valence-electron chi connectivity index (χ4n) is 4.18. The Balaban J connectivity index is 1.48. The lowest BCUT2D eigenvalue weighted by Crippen LogP contribution is -2.48. The van der Waals surface area contributed by atoms with Gasteiger partial charge in [-0.3, -0.25) is 14.5 Å². The molecule has 4 fully saturated rings. The second kappa shape index (κ2) is 6.86. The van der Waals surface area contributed by atoms with Crippen LogP contribution in [0.2, 0.25) is 0 Å². The molecule has 1 aromatic rings. The lowest BCUT2D eigenvalue weighted by atomic mass is 9.93. The summed E-state index contributed by atoms with van der Waals surface area (Å²) >= 11 is 0. The number of ether oxygens (including phenoxy) is 1. The van der Waals surface area contributed by atoms with Gasteiger partial charge in [0.2, 0.25) is 11.8 Å². The molecule has 3 amide bonds. The Labute approximate surface area is 157 Å². The smallest absolute Gasteiger partial charge is 0.410 e. The third kappa shape index (κ3) is 3.26. The largest absolute Gasteiger partial charge is 0.448 e. The summed E-state index contributed by atoms with van der Waals surface area (Å²) in [5.74, 6) is 0.486. The van der Waals surface area contributed by atoms with Crippen molar-refractivity contribution in [1.29, 1.82) is 0 Å². The first kappa shape index (κ1) is 17.8. The number of aryl methyl sites for hydroxylation is 2. The first-order valence-electron chi connectivity index (χ1n) is 9.35. The third-order valence-electron chi connectivity index (χ3n) is 5.83. The number of fused-ring (bicyclic) bond motifs is 4. The number of carbonyl (C=O) groups is 3. The molecular formula is C18H24N4O5. The molecule has 0 N–H and O–H groups in total. The highest BCUT2D eigenvalue weighted by atomic mass is 16.6. The first-order chi connectivity index (χ1) is 12.9. The van der Waals surface area contributed by atoms with E-state index in [0.29, 0.717) is 32.8 Å². The van der Waals surface area contributed by atoms with E-state index in [1.807, 2.05) is 18.7 Å². The molecule has 4 saturated heterocycles. The van der Waals surface area contributed by atoms with Crippen LogP contribution in [0, 0.1) is 19.8 Å². The molecule has 2 atom stereocenters. The van der Waals surface area contributed by atoms with Crippen LogP contribution in [0.25, 0.3) is 0 Å². The van der Waals surface area contributed by atoms with Crippen LogP contribution in [0.4, 0.5) is 4.79 Å². The maximum Gasteiger partial charge on any atom is 0.410 e. The molecule has 5 heterocycles. The van der Waals surface area contributed by atoms with Crippen LogP contribution >= 0.6 is 0 Å². The highest BCUT2D eigenvalue weighted by molar-refractivity contribution is 5.85. The van der Waals surface area contributed by atoms with Gasteiger partial charge in [0, 0.05) is 24.7 Å². The van der Waals surface area contributed by atoms with E-state index in [4.69, 9.17) is 9.26 Å². The van der Waals surface area contributed by atoms with Gasteiger partial charge in [-0.15, -0.1) is 0 Å². The molecule has 0 unspecified atom stereocenters. The molecule has 0 radical (unpaired) electrons. The zero-order valence-electron chi connectivity index (χ0n) is 15.6. The molecule has 4 aliphatic rings. The number of nitrogens with zero attached hydrogens (tertiary/aromatic N) is 4. The summed E-state index contributed by atoms with van der Waals surface area (Å²) in [7, 11) is 0. The van der Waals surface area contributed by atoms with Gasteiger partial charge >= 0.3 is 6.09 Å². The van der Waals surface area contributed by atoms with E-state index < -0.39 is 6.09 Å². The molecule has 0 aromatic carbocycles. The van der Waals surface area contributed by atoms with Crippen molar-refractivity contribution in [3.8, 4) is 0 Å². The average Bonchev–Trinajstić information content (AvgIpc) is 3.04. The number of aromatic nitrogens is 1. The number of hydrogen-bond donors (Lipinski definition) is 0. The maximum absolute atomic E-state index is 13.0. The molecule has 9 nitrogen and oxygen atoms in total. The third-order valence-corrected chi connectivity index (χ3v) is 5.83. The summed E-state index contributed by atoms with van der Waals surface area (Å²) in [4.78, 5) is 42.3. The lowest BCUT2D eigenvalue weighted by Gasteiger charge is -2.35. The van der Waals surface area contributed by atoms with Gasteiger partial charge in [-0.1, -0.05) is 5.16 Å². The van der Waals surface area contributed by atoms with E-state index in [1.54, 1.807) is 4.90 Å². The molecule has 9 heteroatoms. The van der Waals surface area contributed by atoms with Crippen molar-refractivity contribution in [2.75, 3.05) is 32.8 Å². The normalized spacial score (nSPS) is 25.2. The van der Waals surface area contributed by atoms with Crippen LogP contribution in [-0.2, 0) is 20.9 Å². The van der Waals surface area contributed by atoms with Gasteiger partial charge in [0.15, 0.2) is 0 Å². The van der Waals surface area contributed by atoms with Gasteiger partial charge in [0.1, 0.15) is 18.9 Å². The van der Waals surface area contributed by atoms with Crippen molar-refractivity contribution in [3.05, 3.63) is 17.0 Å². The summed E-state index contributed by atoms with van der Waals surface area (Å²) in [5, 5.41) is 3.97. The Bertz CT molecular complexity index is 756. The Morgan fingerprint density at radius 3 is 2.70 bits per heavy atom. The van der Waals surface area contributed by atoms with Gasteiger partial charge in [-0.05, 0) is 26.7 Å². The molecule has 4 aliphatic heterocycles. The molecule has 2 bridgehead atoms. The minimum Gasteiger partial charge on any atom is -0.448 e. The second-order valence-corrected chi connectivity index (χ2v) is 7.53. The predicted molar refractivity (Wildman–Crippen MR) is 92.5 cm³/mol. The number of rotatable bonds is 4. The van der Waals surface area contributed by atoms with Crippen LogP contribution < -0.4 is 0 Å². The van der Waals surface area contributed by atoms with E-state index in [0.717, 1.165) is 29.9 Å². The molecule has 146 valence electrons. The van der Waals surface area contributed by atoms with Crippen molar-refractivity contribution >= 4 is 17.9 Å². The Morgan fingerprint density at radius 2 is 2.04 bits per heavy atom. The quantitative estimate of drug-likeness (QED) is 0.767. The highest BCUT2D eigenvalue weighted by Crippen LogP contribution is 2.31. The van der Waals surface area contributed by atoms with Crippen LogP contribution in [0.3, 0.4) is 0 Å². The van der Waals surface area contributed by atoms with Crippen LogP contribution in [0.15, 0.2) is 4.52 Å². The van der Waals surface area contributed by atoms with Crippen molar-refractivity contribution in [3.63, 3.8) is 0 Å². The van der Waals surface area contributed by atoms with E-state index >= 15 is 0 Å². The highest BCUT2D eigenvalue weighted by Gasteiger charge is 2.42. The number of hydrogen-bond acceptors (Lipinski definition) is 6. The molecular weight excluding hydrogens is 352 g/mol. The lowest BCUT2D eigenvalue weighted by molar-refractivity contribution is -0.140. The molecule has 1 aromatic heterocycles. The van der Waals surface area contributed by atoms with Crippen LogP contribution in [0.1, 0.15) is 29.9 Å². The van der Waals surface area contributed by atoms with E-state index in [-0.39, 0.29) is 30.3 Å². The summed E-state index contributed by atoms with van der Waals surface area (Å²) in [6.45, 7) is 5.85. The topological polar surface area (TPSA) is 96.2 Å².